The molecule has 1 aromatic carbocycles. The normalized spacial score (nSPS) is 10.4. The number of aromatic nitrogens is 2. The third-order valence-electron chi connectivity index (χ3n) is 2.85. The van der Waals surface area contributed by atoms with Gasteiger partial charge >= 0.3 is 0 Å². The molecule has 0 spiro atoms. The van der Waals surface area contributed by atoms with Crippen molar-refractivity contribution in [3.63, 3.8) is 0 Å². The molecule has 0 aliphatic carbocycles. The van der Waals surface area contributed by atoms with E-state index >= 15 is 0 Å². The fourth-order valence-corrected chi connectivity index (χ4v) is 1.75. The van der Waals surface area contributed by atoms with Crippen LogP contribution in [0.15, 0.2) is 24.5 Å². The first-order valence-electron chi connectivity index (χ1n) is 5.87. The van der Waals surface area contributed by atoms with Crippen molar-refractivity contribution < 1.29 is 4.74 Å². The Labute approximate surface area is 107 Å². The molecular weight excluding hydrogens is 226 g/mol. The van der Waals surface area contributed by atoms with E-state index in [9.17, 15) is 0 Å². The van der Waals surface area contributed by atoms with Crippen LogP contribution in [0.5, 0.6) is 11.6 Å². The maximum absolute atomic E-state index is 5.78. The van der Waals surface area contributed by atoms with Gasteiger partial charge in [-0.2, -0.15) is 0 Å². The summed E-state index contributed by atoms with van der Waals surface area (Å²) >= 11 is 0. The zero-order valence-electron chi connectivity index (χ0n) is 10.9. The predicted octanol–water partition coefficient (Wildman–Crippen LogP) is 2.65. The van der Waals surface area contributed by atoms with Gasteiger partial charge in [0.25, 0.3) is 0 Å². The van der Waals surface area contributed by atoms with Crippen molar-refractivity contribution in [2.45, 2.75) is 27.3 Å². The average Bonchev–Trinajstić information content (AvgIpc) is 2.35. The first kappa shape index (κ1) is 12.5. The molecule has 0 bridgehead atoms. The third-order valence-corrected chi connectivity index (χ3v) is 2.85. The highest BCUT2D eigenvalue weighted by molar-refractivity contribution is 5.43. The first-order valence-corrected chi connectivity index (χ1v) is 5.87. The van der Waals surface area contributed by atoms with E-state index in [1.165, 1.54) is 5.56 Å². The summed E-state index contributed by atoms with van der Waals surface area (Å²) in [5, 5.41) is 0. The standard InChI is InChI=1S/C14H17N3O/c1-9-4-10(2)11(3)13(5-9)18-14-8-16-7-12(6-15)17-14/h4-5,7-8H,6,15H2,1-3H3. The molecule has 0 fully saturated rings. The van der Waals surface area contributed by atoms with Gasteiger partial charge in [-0.15, -0.1) is 0 Å². The summed E-state index contributed by atoms with van der Waals surface area (Å²) in [6, 6.07) is 4.13. The van der Waals surface area contributed by atoms with Gasteiger partial charge in [-0.25, -0.2) is 4.98 Å². The summed E-state index contributed by atoms with van der Waals surface area (Å²) in [5.74, 6) is 1.29. The van der Waals surface area contributed by atoms with Gasteiger partial charge in [-0.3, -0.25) is 4.98 Å². The van der Waals surface area contributed by atoms with Gasteiger partial charge in [-0.05, 0) is 43.5 Å². The maximum Gasteiger partial charge on any atom is 0.238 e. The topological polar surface area (TPSA) is 61.0 Å². The molecule has 0 aliphatic rings. The zero-order chi connectivity index (χ0) is 13.1. The quantitative estimate of drug-likeness (QED) is 0.900. The van der Waals surface area contributed by atoms with E-state index < -0.39 is 0 Å². The molecule has 0 unspecified atom stereocenters. The lowest BCUT2D eigenvalue weighted by atomic mass is 10.1. The van der Waals surface area contributed by atoms with Gasteiger partial charge in [0, 0.05) is 12.7 Å². The Morgan fingerprint density at radius 3 is 2.67 bits per heavy atom. The molecule has 94 valence electrons. The second-order valence-corrected chi connectivity index (χ2v) is 4.36. The van der Waals surface area contributed by atoms with Gasteiger partial charge in [-0.1, -0.05) is 6.07 Å². The smallest absolute Gasteiger partial charge is 0.238 e. The highest BCUT2D eigenvalue weighted by Crippen LogP contribution is 2.27. The average molecular weight is 243 g/mol. The van der Waals surface area contributed by atoms with Crippen LogP contribution in [0.4, 0.5) is 0 Å². The van der Waals surface area contributed by atoms with Gasteiger partial charge in [0.1, 0.15) is 5.75 Å². The predicted molar refractivity (Wildman–Crippen MR) is 70.7 cm³/mol. The van der Waals surface area contributed by atoms with E-state index in [0.717, 1.165) is 22.6 Å². The van der Waals surface area contributed by atoms with E-state index in [1.54, 1.807) is 12.4 Å². The molecule has 2 aromatic rings. The molecule has 1 heterocycles. The van der Waals surface area contributed by atoms with Crippen LogP contribution in [0.2, 0.25) is 0 Å². The molecule has 0 atom stereocenters. The van der Waals surface area contributed by atoms with E-state index in [1.807, 2.05) is 19.9 Å². The lowest BCUT2D eigenvalue weighted by Gasteiger charge is -2.11. The van der Waals surface area contributed by atoms with Gasteiger partial charge in [0.15, 0.2) is 0 Å². The van der Waals surface area contributed by atoms with Crippen LogP contribution >= 0.6 is 0 Å². The summed E-state index contributed by atoms with van der Waals surface area (Å²) in [6.45, 7) is 6.50. The minimum absolute atomic E-state index is 0.357. The minimum Gasteiger partial charge on any atom is -0.437 e. The molecule has 0 aliphatic heterocycles. The molecule has 0 radical (unpaired) electrons. The Balaban J connectivity index is 2.33. The van der Waals surface area contributed by atoms with Crippen LogP contribution in [-0.2, 0) is 6.54 Å². The molecule has 4 nitrogen and oxygen atoms in total. The largest absolute Gasteiger partial charge is 0.437 e. The lowest BCUT2D eigenvalue weighted by molar-refractivity contribution is 0.453. The number of aryl methyl sites for hydroxylation is 2. The highest BCUT2D eigenvalue weighted by atomic mass is 16.5. The molecule has 1 aromatic heterocycles. The van der Waals surface area contributed by atoms with Gasteiger partial charge in [0.2, 0.25) is 5.88 Å². The fourth-order valence-electron chi connectivity index (χ4n) is 1.75. The summed E-state index contributed by atoms with van der Waals surface area (Å²) < 4.78 is 5.78. The number of benzene rings is 1. The van der Waals surface area contributed by atoms with Crippen LogP contribution in [0.25, 0.3) is 0 Å². The van der Waals surface area contributed by atoms with Crippen molar-refractivity contribution in [3.05, 3.63) is 46.9 Å². The molecule has 18 heavy (non-hydrogen) atoms. The fraction of sp³-hybridized carbons (Fsp3) is 0.286. The van der Waals surface area contributed by atoms with E-state index in [4.69, 9.17) is 10.5 Å². The Morgan fingerprint density at radius 1 is 1.17 bits per heavy atom. The Hall–Kier alpha value is -1.94. The van der Waals surface area contributed by atoms with Gasteiger partial charge < -0.3 is 10.5 Å². The van der Waals surface area contributed by atoms with Crippen LogP contribution < -0.4 is 10.5 Å². The number of hydrogen-bond acceptors (Lipinski definition) is 4. The van der Waals surface area contributed by atoms with Gasteiger partial charge in [0.05, 0.1) is 11.9 Å². The first-order chi connectivity index (χ1) is 8.60. The summed E-state index contributed by atoms with van der Waals surface area (Å²) in [6.07, 6.45) is 3.23. The molecule has 0 amide bonds. The third kappa shape index (κ3) is 2.65. The molecule has 4 heteroatoms. The van der Waals surface area contributed by atoms with Crippen molar-refractivity contribution in [2.75, 3.05) is 0 Å². The van der Waals surface area contributed by atoms with Crippen LogP contribution in [0.3, 0.4) is 0 Å². The summed E-state index contributed by atoms with van der Waals surface area (Å²) in [4.78, 5) is 8.34. The SMILES string of the molecule is Cc1cc(C)c(C)c(Oc2cncc(CN)n2)c1. The summed E-state index contributed by atoms with van der Waals surface area (Å²) in [5.41, 5.74) is 9.73. The van der Waals surface area contributed by atoms with Crippen molar-refractivity contribution in [1.29, 1.82) is 0 Å². The van der Waals surface area contributed by atoms with Crippen molar-refractivity contribution >= 4 is 0 Å². The molecule has 2 rings (SSSR count). The zero-order valence-corrected chi connectivity index (χ0v) is 10.9. The summed E-state index contributed by atoms with van der Waals surface area (Å²) in [7, 11) is 0. The van der Waals surface area contributed by atoms with E-state index in [-0.39, 0.29) is 0 Å². The van der Waals surface area contributed by atoms with Crippen LogP contribution in [0, 0.1) is 20.8 Å². The van der Waals surface area contributed by atoms with Crippen molar-refractivity contribution in [3.8, 4) is 11.6 Å². The lowest BCUT2D eigenvalue weighted by Crippen LogP contribution is -2.02. The Bertz CT molecular complexity index is 567. The molecule has 0 saturated heterocycles. The molecule has 0 saturated carbocycles. The molecular formula is C14H17N3O. The second-order valence-electron chi connectivity index (χ2n) is 4.36. The van der Waals surface area contributed by atoms with E-state index in [2.05, 4.69) is 23.0 Å². The number of nitrogens with two attached hydrogens (primary N) is 1. The number of nitrogens with zero attached hydrogens (tertiary/aromatic N) is 2. The monoisotopic (exact) mass is 243 g/mol. The Morgan fingerprint density at radius 2 is 1.94 bits per heavy atom. The maximum atomic E-state index is 5.78. The van der Waals surface area contributed by atoms with Crippen molar-refractivity contribution in [2.24, 2.45) is 5.73 Å². The van der Waals surface area contributed by atoms with Crippen molar-refractivity contribution in [1.82, 2.24) is 9.97 Å². The minimum atomic E-state index is 0.357. The number of hydrogen-bond donors (Lipinski definition) is 1. The highest BCUT2D eigenvalue weighted by Gasteiger charge is 2.06. The Kier molecular flexibility index (Phi) is 3.58. The number of ether oxygens (including phenoxy) is 1. The van der Waals surface area contributed by atoms with Crippen LogP contribution in [0.1, 0.15) is 22.4 Å². The van der Waals surface area contributed by atoms with E-state index in [0.29, 0.717) is 12.4 Å². The number of rotatable bonds is 3. The second kappa shape index (κ2) is 5.14. The molecule has 2 N–H and O–H groups in total. The van der Waals surface area contributed by atoms with Crippen LogP contribution in [-0.4, -0.2) is 9.97 Å².